The minimum atomic E-state index is -0.562. The SMILES string of the molecule is CC1(C)CC(=O)c2ccn(-c3ccc(C(=O)C(C)(C)SS)cc3)c2C1. The van der Waals surface area contributed by atoms with Crippen LogP contribution in [0, 0.1) is 5.41 Å². The minimum absolute atomic E-state index is 0.0239. The fourth-order valence-electron chi connectivity index (χ4n) is 3.35. The van der Waals surface area contributed by atoms with Crippen molar-refractivity contribution in [3.8, 4) is 5.69 Å². The topological polar surface area (TPSA) is 39.1 Å². The number of nitrogens with zero attached hydrogens (tertiary/aromatic N) is 1. The van der Waals surface area contributed by atoms with Crippen LogP contribution in [-0.4, -0.2) is 20.9 Å². The molecule has 0 bridgehead atoms. The first-order chi connectivity index (χ1) is 11.6. The van der Waals surface area contributed by atoms with Crippen LogP contribution < -0.4 is 0 Å². The van der Waals surface area contributed by atoms with Gasteiger partial charge >= 0.3 is 0 Å². The number of hydrogen-bond acceptors (Lipinski definition) is 4. The highest BCUT2D eigenvalue weighted by Gasteiger charge is 2.33. The normalized spacial score (nSPS) is 16.6. The second-order valence-electron chi connectivity index (χ2n) is 7.96. The Hall–Kier alpha value is -1.46. The summed E-state index contributed by atoms with van der Waals surface area (Å²) in [6.45, 7) is 8.00. The summed E-state index contributed by atoms with van der Waals surface area (Å²) in [6.07, 6.45) is 3.41. The van der Waals surface area contributed by atoms with E-state index in [9.17, 15) is 9.59 Å². The van der Waals surface area contributed by atoms with Crippen LogP contribution in [0.5, 0.6) is 0 Å². The molecule has 1 aromatic carbocycles. The number of ketones is 2. The third-order valence-corrected chi connectivity index (χ3v) is 6.77. The molecule has 1 heterocycles. The molecule has 3 nitrogen and oxygen atoms in total. The van der Waals surface area contributed by atoms with E-state index >= 15 is 0 Å². The predicted octanol–water partition coefficient (Wildman–Crippen LogP) is 5.17. The number of Topliss-reactive ketones (excluding diaryl/α,β-unsaturated/α-hetero) is 2. The van der Waals surface area contributed by atoms with Crippen molar-refractivity contribution in [2.75, 3.05) is 0 Å². The quantitative estimate of drug-likeness (QED) is 0.456. The molecule has 0 saturated heterocycles. The van der Waals surface area contributed by atoms with Gasteiger partial charge in [0.05, 0.1) is 4.75 Å². The third-order valence-electron chi connectivity index (χ3n) is 4.76. The Morgan fingerprint density at radius 3 is 2.40 bits per heavy atom. The molecule has 3 rings (SSSR count). The summed E-state index contributed by atoms with van der Waals surface area (Å²) in [5.74, 6) is 0.272. The molecule has 0 fully saturated rings. The van der Waals surface area contributed by atoms with Gasteiger partial charge in [0.2, 0.25) is 0 Å². The molecule has 5 heteroatoms. The zero-order chi connectivity index (χ0) is 18.4. The van der Waals surface area contributed by atoms with E-state index in [1.807, 2.05) is 50.4 Å². The molecule has 132 valence electrons. The van der Waals surface area contributed by atoms with Crippen molar-refractivity contribution in [2.45, 2.75) is 45.3 Å². The van der Waals surface area contributed by atoms with Gasteiger partial charge in [0.15, 0.2) is 11.6 Å². The average molecular weight is 374 g/mol. The highest BCUT2D eigenvalue weighted by molar-refractivity contribution is 8.69. The van der Waals surface area contributed by atoms with Crippen LogP contribution in [0.1, 0.15) is 60.5 Å². The second-order valence-corrected chi connectivity index (χ2v) is 9.72. The molecule has 0 amide bonds. The van der Waals surface area contributed by atoms with Crippen molar-refractivity contribution in [2.24, 2.45) is 5.41 Å². The molecule has 2 aromatic rings. The molecule has 1 aliphatic carbocycles. The molecule has 0 N–H and O–H groups in total. The van der Waals surface area contributed by atoms with Crippen molar-refractivity contribution >= 4 is 34.0 Å². The van der Waals surface area contributed by atoms with Crippen LogP contribution in [0.25, 0.3) is 5.69 Å². The lowest BCUT2D eigenvalue weighted by atomic mass is 9.76. The van der Waals surface area contributed by atoms with Gasteiger partial charge in [-0.1, -0.05) is 24.6 Å². The lowest BCUT2D eigenvalue weighted by Crippen LogP contribution is -2.28. The molecule has 0 spiro atoms. The number of rotatable bonds is 4. The standard InChI is InChI=1S/C20H23NO2S2/c1-19(2)11-16-15(17(22)12-19)9-10-21(16)14-7-5-13(6-8-14)18(23)20(3,4)25-24/h5-10,24H,11-12H2,1-4H3. The van der Waals surface area contributed by atoms with E-state index in [0.717, 1.165) is 23.4 Å². The van der Waals surface area contributed by atoms with Crippen molar-refractivity contribution in [1.82, 2.24) is 4.57 Å². The Bertz CT molecular complexity index is 832. The van der Waals surface area contributed by atoms with E-state index < -0.39 is 4.75 Å². The molecule has 0 saturated carbocycles. The van der Waals surface area contributed by atoms with E-state index in [4.69, 9.17) is 0 Å². The van der Waals surface area contributed by atoms with Gasteiger partial charge < -0.3 is 4.57 Å². The van der Waals surface area contributed by atoms with Crippen molar-refractivity contribution in [3.05, 3.63) is 53.3 Å². The predicted molar refractivity (Wildman–Crippen MR) is 107 cm³/mol. The zero-order valence-electron chi connectivity index (χ0n) is 15.0. The van der Waals surface area contributed by atoms with Crippen LogP contribution in [0.15, 0.2) is 36.5 Å². The summed E-state index contributed by atoms with van der Waals surface area (Å²) >= 11 is 4.20. The van der Waals surface area contributed by atoms with Gasteiger partial charge in [0.1, 0.15) is 0 Å². The number of benzene rings is 1. The van der Waals surface area contributed by atoms with Crippen LogP contribution in [-0.2, 0) is 6.42 Å². The van der Waals surface area contributed by atoms with Crippen molar-refractivity contribution in [3.63, 3.8) is 0 Å². The maximum absolute atomic E-state index is 12.5. The van der Waals surface area contributed by atoms with Gasteiger partial charge in [0, 0.05) is 35.1 Å². The molecular weight excluding hydrogens is 350 g/mol. The Morgan fingerprint density at radius 2 is 1.80 bits per heavy atom. The first-order valence-electron chi connectivity index (χ1n) is 8.36. The highest BCUT2D eigenvalue weighted by atomic mass is 33.1. The van der Waals surface area contributed by atoms with E-state index in [0.29, 0.717) is 12.0 Å². The molecule has 0 atom stereocenters. The molecule has 25 heavy (non-hydrogen) atoms. The van der Waals surface area contributed by atoms with E-state index in [-0.39, 0.29) is 17.0 Å². The Labute approximate surface area is 158 Å². The average Bonchev–Trinajstić information content (AvgIpc) is 2.97. The Kier molecular flexibility index (Phi) is 4.67. The summed E-state index contributed by atoms with van der Waals surface area (Å²) in [5, 5.41) is 0. The van der Waals surface area contributed by atoms with E-state index in [1.54, 1.807) is 0 Å². The van der Waals surface area contributed by atoms with Gasteiger partial charge in [-0.3, -0.25) is 9.59 Å². The number of hydrogen-bond donors (Lipinski definition) is 1. The van der Waals surface area contributed by atoms with Gasteiger partial charge in [-0.25, -0.2) is 0 Å². The fourth-order valence-corrected chi connectivity index (χ4v) is 3.80. The summed E-state index contributed by atoms with van der Waals surface area (Å²) < 4.78 is 1.51. The number of aromatic nitrogens is 1. The second kappa shape index (κ2) is 6.36. The van der Waals surface area contributed by atoms with Crippen molar-refractivity contribution in [1.29, 1.82) is 0 Å². The summed E-state index contributed by atoms with van der Waals surface area (Å²) in [6, 6.07) is 9.50. The lowest BCUT2D eigenvalue weighted by molar-refractivity contribution is 0.0909. The van der Waals surface area contributed by atoms with Gasteiger partial charge in [-0.05, 0) is 56.0 Å². The van der Waals surface area contributed by atoms with Crippen molar-refractivity contribution < 1.29 is 9.59 Å². The smallest absolute Gasteiger partial charge is 0.179 e. The minimum Gasteiger partial charge on any atom is -0.320 e. The highest BCUT2D eigenvalue weighted by Crippen LogP contribution is 2.36. The van der Waals surface area contributed by atoms with E-state index in [1.165, 1.54) is 10.8 Å². The number of carbonyl (C=O) groups is 2. The molecule has 0 aliphatic heterocycles. The van der Waals surface area contributed by atoms with Crippen LogP contribution in [0.2, 0.25) is 0 Å². The third kappa shape index (κ3) is 3.44. The summed E-state index contributed by atoms with van der Waals surface area (Å²) in [4.78, 5) is 24.9. The first-order valence-corrected chi connectivity index (χ1v) is 10.2. The van der Waals surface area contributed by atoms with Crippen LogP contribution in [0.3, 0.4) is 0 Å². The molecular formula is C20H23NO2S2. The molecule has 0 unspecified atom stereocenters. The number of thiol groups is 1. The van der Waals surface area contributed by atoms with Gasteiger partial charge in [0.25, 0.3) is 0 Å². The summed E-state index contributed by atoms with van der Waals surface area (Å²) in [5.41, 5.74) is 3.51. The number of fused-ring (bicyclic) bond motifs is 1. The Balaban J connectivity index is 1.95. The van der Waals surface area contributed by atoms with Crippen LogP contribution >= 0.6 is 22.5 Å². The molecule has 1 aromatic heterocycles. The molecule has 0 radical (unpaired) electrons. The lowest BCUT2D eigenvalue weighted by Gasteiger charge is -2.29. The first kappa shape index (κ1) is 18.3. The van der Waals surface area contributed by atoms with Gasteiger partial charge in [-0.2, -0.15) is 0 Å². The van der Waals surface area contributed by atoms with Crippen LogP contribution in [0.4, 0.5) is 0 Å². The largest absolute Gasteiger partial charge is 0.320 e. The van der Waals surface area contributed by atoms with Gasteiger partial charge in [-0.15, -0.1) is 11.7 Å². The molecule has 1 aliphatic rings. The van der Waals surface area contributed by atoms with E-state index in [2.05, 4.69) is 30.1 Å². The Morgan fingerprint density at radius 1 is 1.16 bits per heavy atom. The zero-order valence-corrected chi connectivity index (χ0v) is 16.7. The maximum atomic E-state index is 12.5. The maximum Gasteiger partial charge on any atom is 0.179 e. The monoisotopic (exact) mass is 373 g/mol. The number of carbonyl (C=O) groups excluding carboxylic acids is 2. The fraction of sp³-hybridized carbons (Fsp3) is 0.400. The summed E-state index contributed by atoms with van der Waals surface area (Å²) in [7, 11) is 1.25.